The summed E-state index contributed by atoms with van der Waals surface area (Å²) in [6, 6.07) is 0. The summed E-state index contributed by atoms with van der Waals surface area (Å²) >= 11 is 0. The Morgan fingerprint density at radius 1 is 0.437 bits per heavy atom. The van der Waals surface area contributed by atoms with E-state index in [0.29, 0.717) is 24.1 Å². The van der Waals surface area contributed by atoms with Crippen molar-refractivity contribution in [2.45, 2.75) is 290 Å². The summed E-state index contributed by atoms with van der Waals surface area (Å²) in [7, 11) is 1.36. The Morgan fingerprint density at radius 2 is 0.775 bits per heavy atom. The van der Waals surface area contributed by atoms with Crippen molar-refractivity contribution in [3.8, 4) is 0 Å². The third-order valence-corrected chi connectivity index (χ3v) is 14.3. The first kappa shape index (κ1) is 69.5. The number of rotatable bonds is 57. The van der Waals surface area contributed by atoms with Crippen LogP contribution < -0.4 is 4.89 Å². The summed E-state index contributed by atoms with van der Waals surface area (Å²) in [6.45, 7) is 5.44. The van der Waals surface area contributed by atoms with E-state index < -0.39 is 13.9 Å². The van der Waals surface area contributed by atoms with Crippen molar-refractivity contribution in [2.75, 3.05) is 54.1 Å². The Labute approximate surface area is 441 Å². The molecule has 0 aromatic carbocycles. The van der Waals surface area contributed by atoms with E-state index in [9.17, 15) is 14.3 Å². The van der Waals surface area contributed by atoms with Crippen molar-refractivity contribution in [3.05, 3.63) is 48.6 Å². The van der Waals surface area contributed by atoms with Crippen LogP contribution >= 0.6 is 7.82 Å². The highest BCUT2D eigenvalue weighted by Crippen LogP contribution is 2.38. The number of phosphoric acid groups is 1. The summed E-state index contributed by atoms with van der Waals surface area (Å²) in [5.41, 5.74) is 0. The molecule has 0 saturated carbocycles. The maximum absolute atomic E-state index is 12.8. The maximum atomic E-state index is 12.8. The number of hydrogen-bond acceptors (Lipinski definition) is 7. The lowest BCUT2D eigenvalue weighted by atomic mass is 10.0. The summed E-state index contributed by atoms with van der Waals surface area (Å²) in [6.07, 6.45) is 70.2. The lowest BCUT2D eigenvalue weighted by molar-refractivity contribution is -0.870. The van der Waals surface area contributed by atoms with E-state index in [4.69, 9.17) is 18.5 Å². The van der Waals surface area contributed by atoms with Crippen LogP contribution in [0.2, 0.25) is 0 Å². The topological polar surface area (TPSA) is 94.1 Å². The molecular formula is C62H118NO7P. The van der Waals surface area contributed by atoms with Crippen LogP contribution in [0.3, 0.4) is 0 Å². The molecule has 0 fully saturated rings. The van der Waals surface area contributed by atoms with Crippen molar-refractivity contribution in [2.24, 2.45) is 0 Å². The van der Waals surface area contributed by atoms with Gasteiger partial charge in [0, 0.05) is 13.0 Å². The smallest absolute Gasteiger partial charge is 0.306 e. The molecule has 0 bridgehead atoms. The molecule has 2 unspecified atom stereocenters. The summed E-state index contributed by atoms with van der Waals surface area (Å²) in [4.78, 5) is 25.3. The zero-order valence-corrected chi connectivity index (χ0v) is 48.6. The van der Waals surface area contributed by atoms with Crippen LogP contribution in [-0.4, -0.2) is 70.7 Å². The summed E-state index contributed by atoms with van der Waals surface area (Å²) in [5.74, 6) is -0.337. The van der Waals surface area contributed by atoms with E-state index in [0.717, 1.165) is 51.4 Å². The van der Waals surface area contributed by atoms with Crippen molar-refractivity contribution >= 4 is 13.8 Å². The number of likely N-dealkylation sites (N-methyl/N-ethyl adjacent to an activating group) is 1. The predicted octanol–water partition coefficient (Wildman–Crippen LogP) is 18.8. The van der Waals surface area contributed by atoms with Crippen molar-refractivity contribution in [3.63, 3.8) is 0 Å². The third-order valence-electron chi connectivity index (χ3n) is 13.4. The van der Waals surface area contributed by atoms with Gasteiger partial charge in [-0.05, 0) is 77.0 Å². The second-order valence-corrected chi connectivity index (χ2v) is 23.1. The van der Waals surface area contributed by atoms with Crippen LogP contribution in [0.15, 0.2) is 48.6 Å². The van der Waals surface area contributed by atoms with E-state index in [-0.39, 0.29) is 25.8 Å². The van der Waals surface area contributed by atoms with Gasteiger partial charge in [0.1, 0.15) is 19.3 Å². The Morgan fingerprint density at radius 3 is 1.17 bits per heavy atom. The van der Waals surface area contributed by atoms with Gasteiger partial charge in [-0.1, -0.05) is 249 Å². The van der Waals surface area contributed by atoms with Crippen LogP contribution in [0, 0.1) is 0 Å². The average molecular weight is 1020 g/mol. The van der Waals surface area contributed by atoms with E-state index in [2.05, 4.69) is 62.5 Å². The van der Waals surface area contributed by atoms with Gasteiger partial charge in [-0.25, -0.2) is 0 Å². The van der Waals surface area contributed by atoms with Gasteiger partial charge in [0.25, 0.3) is 7.82 Å². The zero-order valence-electron chi connectivity index (χ0n) is 47.7. The van der Waals surface area contributed by atoms with Crippen molar-refractivity contribution < 1.29 is 37.3 Å². The molecule has 71 heavy (non-hydrogen) atoms. The van der Waals surface area contributed by atoms with Gasteiger partial charge in [0.05, 0.1) is 34.4 Å². The van der Waals surface area contributed by atoms with Gasteiger partial charge < -0.3 is 27.9 Å². The molecule has 2 atom stereocenters. The van der Waals surface area contributed by atoms with Crippen LogP contribution in [0.5, 0.6) is 0 Å². The molecule has 0 aliphatic rings. The molecule has 0 amide bonds. The lowest BCUT2D eigenvalue weighted by Gasteiger charge is -2.28. The molecule has 8 nitrogen and oxygen atoms in total. The fourth-order valence-corrected chi connectivity index (χ4v) is 9.40. The molecule has 9 heteroatoms. The van der Waals surface area contributed by atoms with E-state index in [1.165, 1.54) is 212 Å². The number of esters is 1. The third kappa shape index (κ3) is 59.2. The molecular weight excluding hydrogens is 902 g/mol. The second-order valence-electron chi connectivity index (χ2n) is 21.7. The monoisotopic (exact) mass is 1020 g/mol. The lowest BCUT2D eigenvalue weighted by Crippen LogP contribution is -2.37. The van der Waals surface area contributed by atoms with Gasteiger partial charge in [-0.3, -0.25) is 9.36 Å². The molecule has 418 valence electrons. The molecule has 0 radical (unpaired) electrons. The van der Waals surface area contributed by atoms with Gasteiger partial charge in [-0.2, -0.15) is 0 Å². The number of hydrogen-bond donors (Lipinski definition) is 0. The minimum atomic E-state index is -4.54. The Kier molecular flexibility index (Phi) is 53.5. The fourth-order valence-electron chi connectivity index (χ4n) is 8.67. The fraction of sp³-hybridized carbons (Fsp3) is 0.855. The number of quaternary nitrogens is 1. The molecule has 0 aromatic rings. The van der Waals surface area contributed by atoms with Crippen LogP contribution in [-0.2, 0) is 27.9 Å². The van der Waals surface area contributed by atoms with Crippen LogP contribution in [0.1, 0.15) is 284 Å². The molecule has 0 saturated heterocycles. The molecule has 0 N–H and O–H groups in total. The van der Waals surface area contributed by atoms with Crippen LogP contribution in [0.25, 0.3) is 0 Å². The van der Waals surface area contributed by atoms with Crippen LogP contribution in [0.4, 0.5) is 0 Å². The first-order valence-electron chi connectivity index (χ1n) is 30.4. The van der Waals surface area contributed by atoms with Crippen molar-refractivity contribution in [1.29, 1.82) is 0 Å². The average Bonchev–Trinajstić information content (AvgIpc) is 3.33. The maximum Gasteiger partial charge on any atom is 0.306 e. The highest BCUT2D eigenvalue weighted by atomic mass is 31.2. The summed E-state index contributed by atoms with van der Waals surface area (Å²) in [5, 5.41) is 0. The number of unbranched alkanes of at least 4 members (excludes halogenated alkanes) is 35. The molecule has 0 rings (SSSR count). The normalized spacial score (nSPS) is 13.7. The number of ether oxygens (including phenoxy) is 2. The highest BCUT2D eigenvalue weighted by molar-refractivity contribution is 7.45. The second kappa shape index (κ2) is 54.7. The minimum Gasteiger partial charge on any atom is -0.756 e. The predicted molar refractivity (Wildman–Crippen MR) is 305 cm³/mol. The molecule has 0 aliphatic heterocycles. The number of carbonyl (C=O) groups excluding carboxylic acids is 1. The van der Waals surface area contributed by atoms with Crippen molar-refractivity contribution in [1.82, 2.24) is 0 Å². The van der Waals surface area contributed by atoms with Gasteiger partial charge in [0.2, 0.25) is 0 Å². The van der Waals surface area contributed by atoms with Gasteiger partial charge in [0.15, 0.2) is 0 Å². The molecule has 0 heterocycles. The zero-order chi connectivity index (χ0) is 51.9. The highest BCUT2D eigenvalue weighted by Gasteiger charge is 2.20. The first-order valence-corrected chi connectivity index (χ1v) is 31.8. The molecule has 0 spiro atoms. The minimum absolute atomic E-state index is 0.0244. The largest absolute Gasteiger partial charge is 0.756 e. The first-order chi connectivity index (χ1) is 34.6. The number of phosphoric ester groups is 1. The molecule has 0 aliphatic carbocycles. The van der Waals surface area contributed by atoms with Gasteiger partial charge >= 0.3 is 5.97 Å². The number of carbonyl (C=O) groups is 1. The van der Waals surface area contributed by atoms with Gasteiger partial charge in [-0.15, -0.1) is 0 Å². The Hall–Kier alpha value is -1.54. The Balaban J connectivity index is 4.05. The standard InChI is InChI=1S/C62H118NO7P/c1-6-8-10-12-14-16-18-20-22-24-26-28-30-31-32-34-36-38-40-42-44-46-48-50-52-54-57-67-59-61(60-69-71(65,66)68-58-56-63(3,4)5)70-62(64)55-53-51-49-47-45-43-41-39-37-35-33-29-27-25-23-21-19-17-15-13-11-9-7-2/h19,21,24-27,33,35,61H,6-18,20,22-23,28-32,34,36-60H2,1-5H3/b21-19-,26-24-,27-25-,35-33-. The SMILES string of the molecule is CCCCCCC/C=C\C/C=C\C/C=C\CCCCCCCCCCC(=O)OC(COCCCCCCCCCCCCCCCC/C=C\CCCCCCCCCC)COP(=O)([O-])OCC[N+](C)(C)C. The molecule has 0 aromatic heterocycles. The number of allylic oxidation sites excluding steroid dienone is 8. The number of nitrogens with zero attached hydrogens (tertiary/aromatic N) is 1. The summed E-state index contributed by atoms with van der Waals surface area (Å²) < 4.78 is 34.9. The van der Waals surface area contributed by atoms with E-state index in [1.807, 2.05) is 21.1 Å². The van der Waals surface area contributed by atoms with E-state index in [1.54, 1.807) is 0 Å². The quantitative estimate of drug-likeness (QED) is 0.0197. The Bertz CT molecular complexity index is 1280. The van der Waals surface area contributed by atoms with E-state index >= 15 is 0 Å².